The summed E-state index contributed by atoms with van der Waals surface area (Å²) in [6.07, 6.45) is 17.5. The first-order valence-electron chi connectivity index (χ1n) is 11.1. The predicted octanol–water partition coefficient (Wildman–Crippen LogP) is 4.51. The highest BCUT2D eigenvalue weighted by atomic mass is 16.5. The molecule has 2 atom stereocenters. The van der Waals surface area contributed by atoms with Crippen LogP contribution in [0.1, 0.15) is 39.5 Å². The summed E-state index contributed by atoms with van der Waals surface area (Å²) in [4.78, 5) is 4.59. The zero-order chi connectivity index (χ0) is 20.8. The summed E-state index contributed by atoms with van der Waals surface area (Å²) in [7, 11) is 0. The molecule has 0 aromatic carbocycles. The minimum absolute atomic E-state index is 0.0873. The minimum atomic E-state index is 0.0873. The van der Waals surface area contributed by atoms with Crippen LogP contribution >= 0.6 is 0 Å². The van der Waals surface area contributed by atoms with Gasteiger partial charge >= 0.3 is 0 Å². The number of aromatic nitrogens is 1. The molecule has 1 heterocycles. The van der Waals surface area contributed by atoms with Crippen LogP contribution in [-0.4, -0.2) is 36.9 Å². The number of hydrazone groups is 1. The fraction of sp³-hybridized carbons (Fsp3) is 0.500. The van der Waals surface area contributed by atoms with Gasteiger partial charge in [0.2, 0.25) is 5.88 Å². The maximum atomic E-state index is 5.92. The number of nitrogens with zero attached hydrogens (tertiary/aromatic N) is 2. The Hall–Kier alpha value is -2.60. The fourth-order valence-corrected chi connectivity index (χ4v) is 4.17. The van der Waals surface area contributed by atoms with Gasteiger partial charge in [0, 0.05) is 48.6 Å². The maximum Gasteiger partial charge on any atom is 0.217 e. The lowest BCUT2D eigenvalue weighted by Gasteiger charge is -2.14. The van der Waals surface area contributed by atoms with Crippen molar-refractivity contribution in [2.45, 2.75) is 45.6 Å². The molecule has 160 valence electrons. The Morgan fingerprint density at radius 3 is 2.97 bits per heavy atom. The molecular weight excluding hydrogens is 374 g/mol. The number of anilines is 2. The van der Waals surface area contributed by atoms with Crippen molar-refractivity contribution in [2.75, 3.05) is 30.4 Å². The van der Waals surface area contributed by atoms with Gasteiger partial charge in [0.15, 0.2) is 5.82 Å². The highest BCUT2D eigenvalue weighted by molar-refractivity contribution is 5.76. The molecule has 6 nitrogen and oxygen atoms in total. The standard InChI is InChI=1S/C24H33N5O/c1-3-11-25-20-14-22(29-27-17-24-10-6-7-18(2)21(24)16-24)28-23(15-20)30-13-12-26-19-8-4-5-9-19/h4-7,10,14-15,17,19,21,26H,3,8-9,11-13,16H2,1-2H3,(H2,25,28,29)/b27-17+/t21-,24?/m1/s1. The van der Waals surface area contributed by atoms with E-state index >= 15 is 0 Å². The monoisotopic (exact) mass is 407 g/mol. The molecule has 0 radical (unpaired) electrons. The van der Waals surface area contributed by atoms with Crippen molar-refractivity contribution in [3.05, 3.63) is 48.1 Å². The molecule has 6 heteroatoms. The van der Waals surface area contributed by atoms with E-state index in [1.165, 1.54) is 5.57 Å². The second-order valence-corrected chi connectivity index (χ2v) is 8.46. The Bertz CT molecular complexity index is 851. The lowest BCUT2D eigenvalue weighted by atomic mass is 9.96. The summed E-state index contributed by atoms with van der Waals surface area (Å²) in [6.45, 7) is 6.65. The third-order valence-electron chi connectivity index (χ3n) is 6.02. The van der Waals surface area contributed by atoms with Crippen molar-refractivity contribution in [3.8, 4) is 5.88 Å². The Morgan fingerprint density at radius 2 is 2.13 bits per heavy atom. The van der Waals surface area contributed by atoms with Crippen molar-refractivity contribution in [1.82, 2.24) is 10.3 Å². The van der Waals surface area contributed by atoms with E-state index in [4.69, 9.17) is 4.74 Å². The van der Waals surface area contributed by atoms with E-state index in [0.29, 0.717) is 30.3 Å². The molecule has 30 heavy (non-hydrogen) atoms. The van der Waals surface area contributed by atoms with Gasteiger partial charge in [0.1, 0.15) is 6.61 Å². The Morgan fingerprint density at radius 1 is 1.27 bits per heavy atom. The van der Waals surface area contributed by atoms with Crippen LogP contribution in [0.3, 0.4) is 0 Å². The molecule has 0 spiro atoms. The number of nitrogens with one attached hydrogen (secondary N) is 3. The van der Waals surface area contributed by atoms with E-state index in [0.717, 1.165) is 44.5 Å². The van der Waals surface area contributed by atoms with Crippen molar-refractivity contribution in [2.24, 2.45) is 16.4 Å². The van der Waals surface area contributed by atoms with Crippen LogP contribution in [0.4, 0.5) is 11.5 Å². The lowest BCUT2D eigenvalue weighted by molar-refractivity contribution is 0.296. The predicted molar refractivity (Wildman–Crippen MR) is 124 cm³/mol. The number of rotatable bonds is 11. The molecule has 4 rings (SSSR count). The summed E-state index contributed by atoms with van der Waals surface area (Å²) < 4.78 is 5.92. The van der Waals surface area contributed by atoms with Gasteiger partial charge in [-0.05, 0) is 38.5 Å². The van der Waals surface area contributed by atoms with Crippen LogP contribution in [0.2, 0.25) is 0 Å². The number of allylic oxidation sites excluding steroid dienone is 4. The van der Waals surface area contributed by atoms with Crippen LogP contribution in [0.5, 0.6) is 5.88 Å². The molecule has 1 saturated carbocycles. The Balaban J connectivity index is 1.34. The van der Waals surface area contributed by atoms with Crippen LogP contribution < -0.4 is 20.8 Å². The molecule has 1 unspecified atom stereocenters. The van der Waals surface area contributed by atoms with E-state index in [1.54, 1.807) is 0 Å². The first kappa shape index (κ1) is 20.7. The number of fused-ring (bicyclic) bond motifs is 1. The molecule has 0 aliphatic heterocycles. The van der Waals surface area contributed by atoms with Crippen molar-refractivity contribution in [1.29, 1.82) is 0 Å². The fourth-order valence-electron chi connectivity index (χ4n) is 4.17. The Labute approximate surface area is 179 Å². The maximum absolute atomic E-state index is 5.92. The van der Waals surface area contributed by atoms with Gasteiger partial charge in [-0.15, -0.1) is 0 Å². The average Bonchev–Trinajstić information content (AvgIpc) is 3.25. The highest BCUT2D eigenvalue weighted by Crippen LogP contribution is 2.57. The third-order valence-corrected chi connectivity index (χ3v) is 6.02. The van der Waals surface area contributed by atoms with E-state index in [1.807, 2.05) is 18.3 Å². The van der Waals surface area contributed by atoms with Crippen molar-refractivity contribution >= 4 is 17.7 Å². The molecule has 3 aliphatic rings. The first-order valence-corrected chi connectivity index (χ1v) is 11.1. The van der Waals surface area contributed by atoms with Gasteiger partial charge < -0.3 is 15.4 Å². The van der Waals surface area contributed by atoms with Gasteiger partial charge in [0.05, 0.1) is 0 Å². The second-order valence-electron chi connectivity index (χ2n) is 8.46. The number of hydrogen-bond acceptors (Lipinski definition) is 6. The zero-order valence-corrected chi connectivity index (χ0v) is 18.0. The van der Waals surface area contributed by atoms with E-state index in [-0.39, 0.29) is 5.41 Å². The summed E-state index contributed by atoms with van der Waals surface area (Å²) in [5, 5.41) is 11.4. The highest BCUT2D eigenvalue weighted by Gasteiger charge is 2.52. The number of ether oxygens (including phenoxy) is 1. The molecular formula is C24H33N5O. The SMILES string of the molecule is CCCNc1cc(N/N=C/C23C=CC=C(C)[C@H]2C3)nc(OCCNC2CC=CC2)c1. The average molecular weight is 408 g/mol. The Kier molecular flexibility index (Phi) is 6.53. The number of pyridine rings is 1. The molecule has 1 fully saturated rings. The van der Waals surface area contributed by atoms with E-state index < -0.39 is 0 Å². The summed E-state index contributed by atoms with van der Waals surface area (Å²) in [6, 6.07) is 4.48. The molecule has 0 saturated heterocycles. The summed E-state index contributed by atoms with van der Waals surface area (Å²) in [5.74, 6) is 1.90. The van der Waals surface area contributed by atoms with Crippen LogP contribution in [0.15, 0.2) is 53.2 Å². The smallest absolute Gasteiger partial charge is 0.217 e. The second kappa shape index (κ2) is 9.47. The molecule has 0 bridgehead atoms. The zero-order valence-electron chi connectivity index (χ0n) is 18.0. The molecule has 3 N–H and O–H groups in total. The lowest BCUT2D eigenvalue weighted by Crippen LogP contribution is -2.30. The molecule has 1 aromatic heterocycles. The molecule has 3 aliphatic carbocycles. The van der Waals surface area contributed by atoms with Crippen molar-refractivity contribution < 1.29 is 4.74 Å². The third kappa shape index (κ3) is 5.11. The van der Waals surface area contributed by atoms with Gasteiger partial charge in [-0.2, -0.15) is 10.1 Å². The van der Waals surface area contributed by atoms with Gasteiger partial charge in [-0.1, -0.05) is 42.9 Å². The van der Waals surface area contributed by atoms with Crippen LogP contribution in [0.25, 0.3) is 0 Å². The summed E-state index contributed by atoms with van der Waals surface area (Å²) in [5.41, 5.74) is 5.63. The van der Waals surface area contributed by atoms with E-state index in [2.05, 4.69) is 70.4 Å². The quantitative estimate of drug-likeness (QED) is 0.218. The van der Waals surface area contributed by atoms with Crippen LogP contribution in [-0.2, 0) is 0 Å². The topological polar surface area (TPSA) is 70.6 Å². The largest absolute Gasteiger partial charge is 0.476 e. The number of hydrogen-bond donors (Lipinski definition) is 3. The molecule has 0 amide bonds. The summed E-state index contributed by atoms with van der Waals surface area (Å²) >= 11 is 0. The van der Waals surface area contributed by atoms with Gasteiger partial charge in [-0.3, -0.25) is 5.43 Å². The van der Waals surface area contributed by atoms with Crippen LogP contribution in [0, 0.1) is 11.3 Å². The minimum Gasteiger partial charge on any atom is -0.476 e. The molecule has 1 aromatic rings. The van der Waals surface area contributed by atoms with Gasteiger partial charge in [0.25, 0.3) is 0 Å². The van der Waals surface area contributed by atoms with E-state index in [9.17, 15) is 0 Å². The normalized spacial score (nSPS) is 24.7. The van der Waals surface area contributed by atoms with Crippen molar-refractivity contribution in [3.63, 3.8) is 0 Å². The van der Waals surface area contributed by atoms with Gasteiger partial charge in [-0.25, -0.2) is 0 Å². The first-order chi connectivity index (χ1) is 14.7.